The molecule has 1 N–H and O–H groups in total. The molecule has 0 aliphatic heterocycles. The second kappa shape index (κ2) is 10.9. The summed E-state index contributed by atoms with van der Waals surface area (Å²) in [6.07, 6.45) is 1.26. The fourth-order valence-corrected chi connectivity index (χ4v) is 5.69. The summed E-state index contributed by atoms with van der Waals surface area (Å²) in [7, 11) is -3.89. The largest absolute Gasteiger partial charge is 0.478 e. The zero-order valence-corrected chi connectivity index (χ0v) is 21.5. The number of carboxylic acid groups (broad SMARTS) is 1. The van der Waals surface area contributed by atoms with Gasteiger partial charge in [-0.25, -0.2) is 22.6 Å². The number of hydrogen-bond donors (Lipinski definition) is 1. The van der Waals surface area contributed by atoms with Gasteiger partial charge in [0.25, 0.3) is 0 Å². The average Bonchev–Trinajstić information content (AvgIpc) is 3.35. The van der Waals surface area contributed by atoms with E-state index in [1.54, 1.807) is 18.2 Å². The van der Waals surface area contributed by atoms with E-state index in [-0.39, 0.29) is 23.5 Å². The Bertz CT molecular complexity index is 1720. The molecule has 0 aliphatic rings. The third kappa shape index (κ3) is 5.59. The Kier molecular flexibility index (Phi) is 7.27. The van der Waals surface area contributed by atoms with E-state index in [2.05, 4.69) is 0 Å². The summed E-state index contributed by atoms with van der Waals surface area (Å²) in [6, 6.07) is 30.9. The molecule has 1 heterocycles. The van der Waals surface area contributed by atoms with Gasteiger partial charge in [0.05, 0.1) is 21.8 Å². The quantitative estimate of drug-likeness (QED) is 0.276. The van der Waals surface area contributed by atoms with Gasteiger partial charge >= 0.3 is 11.7 Å². The number of nitrogens with zero attached hydrogens (tertiary/aromatic N) is 2. The van der Waals surface area contributed by atoms with Crippen LogP contribution in [0.5, 0.6) is 0 Å². The zero-order chi connectivity index (χ0) is 27.4. The topological polar surface area (TPSA) is 110 Å². The van der Waals surface area contributed by atoms with Gasteiger partial charge in [0.2, 0.25) is 10.0 Å². The van der Waals surface area contributed by atoms with Crippen LogP contribution < -0.4 is 5.76 Å². The first-order chi connectivity index (χ1) is 18.8. The van der Waals surface area contributed by atoms with Crippen molar-refractivity contribution < 1.29 is 22.7 Å². The van der Waals surface area contributed by atoms with Crippen LogP contribution in [-0.2, 0) is 23.1 Å². The van der Waals surface area contributed by atoms with Crippen LogP contribution in [0.4, 0.5) is 0 Å². The maximum Gasteiger partial charge on any atom is 0.424 e. The monoisotopic (exact) mass is 540 g/mol. The van der Waals surface area contributed by atoms with Crippen molar-refractivity contribution in [2.24, 2.45) is 0 Å². The number of benzene rings is 4. The zero-order valence-electron chi connectivity index (χ0n) is 20.7. The molecular weight excluding hydrogens is 516 g/mol. The van der Waals surface area contributed by atoms with Crippen molar-refractivity contribution in [3.8, 4) is 16.9 Å². The Morgan fingerprint density at radius 1 is 0.795 bits per heavy atom. The van der Waals surface area contributed by atoms with E-state index in [0.717, 1.165) is 11.1 Å². The molecule has 0 spiro atoms. The number of aromatic nitrogens is 1. The number of carboxylic acids is 1. The van der Waals surface area contributed by atoms with Gasteiger partial charge in [-0.2, -0.15) is 4.31 Å². The SMILES string of the molecule is O=C(O)c1cccc(-n2c(-c3ccc(S(=O)(=O)N(Cc4ccccc4)Cc4ccccc4)cc3)coc2=O)c1. The van der Waals surface area contributed by atoms with Gasteiger partial charge in [0, 0.05) is 18.7 Å². The first-order valence-electron chi connectivity index (χ1n) is 12.1. The minimum absolute atomic E-state index is 0.0184. The first-order valence-corrected chi connectivity index (χ1v) is 13.5. The van der Waals surface area contributed by atoms with E-state index in [0.29, 0.717) is 16.9 Å². The normalized spacial score (nSPS) is 11.5. The lowest BCUT2D eigenvalue weighted by atomic mass is 10.1. The van der Waals surface area contributed by atoms with Crippen molar-refractivity contribution in [3.05, 3.63) is 143 Å². The number of hydrogen-bond acceptors (Lipinski definition) is 5. The number of rotatable bonds is 9. The third-order valence-electron chi connectivity index (χ3n) is 6.24. The fraction of sp³-hybridized carbons (Fsp3) is 0.0667. The highest BCUT2D eigenvalue weighted by molar-refractivity contribution is 7.89. The molecule has 0 bridgehead atoms. The highest BCUT2D eigenvalue weighted by Crippen LogP contribution is 2.26. The minimum Gasteiger partial charge on any atom is -0.478 e. The first kappa shape index (κ1) is 25.9. The number of carbonyl (C=O) groups is 1. The van der Waals surface area contributed by atoms with Crippen molar-refractivity contribution in [3.63, 3.8) is 0 Å². The Labute approximate surface area is 225 Å². The third-order valence-corrected chi connectivity index (χ3v) is 8.04. The van der Waals surface area contributed by atoms with E-state index in [1.807, 2.05) is 60.7 Å². The van der Waals surface area contributed by atoms with Crippen molar-refractivity contribution >= 4 is 16.0 Å². The summed E-state index contributed by atoms with van der Waals surface area (Å²) < 4.78 is 35.3. The summed E-state index contributed by atoms with van der Waals surface area (Å²) in [5.74, 6) is -1.82. The van der Waals surface area contributed by atoms with Gasteiger partial charge in [-0.3, -0.25) is 0 Å². The van der Waals surface area contributed by atoms with Crippen LogP contribution in [0.15, 0.2) is 130 Å². The van der Waals surface area contributed by atoms with E-state index in [4.69, 9.17) is 4.42 Å². The maximum absolute atomic E-state index is 13.8. The predicted octanol–water partition coefficient (Wildman–Crippen LogP) is 5.19. The second-order valence-corrected chi connectivity index (χ2v) is 10.8. The smallest absolute Gasteiger partial charge is 0.424 e. The molecule has 4 aromatic carbocycles. The standard InChI is InChI=1S/C30H24N2O6S/c33-29(34)25-12-7-13-26(18-25)32-28(21-38-30(32)35)24-14-16-27(17-15-24)39(36,37)31(19-22-8-3-1-4-9-22)20-23-10-5-2-6-11-23/h1-18,21H,19-20H2,(H,33,34). The average molecular weight is 541 g/mol. The lowest BCUT2D eigenvalue weighted by Gasteiger charge is -2.23. The van der Waals surface area contributed by atoms with Gasteiger partial charge in [-0.15, -0.1) is 0 Å². The Hall–Kier alpha value is -4.73. The lowest BCUT2D eigenvalue weighted by molar-refractivity contribution is 0.0696. The molecule has 0 radical (unpaired) electrons. The van der Waals surface area contributed by atoms with E-state index in [1.165, 1.54) is 45.5 Å². The van der Waals surface area contributed by atoms with Crippen LogP contribution in [0.2, 0.25) is 0 Å². The van der Waals surface area contributed by atoms with Crippen LogP contribution in [0.3, 0.4) is 0 Å². The molecule has 0 unspecified atom stereocenters. The summed E-state index contributed by atoms with van der Waals surface area (Å²) in [4.78, 5) is 24.0. The molecule has 9 heteroatoms. The molecule has 8 nitrogen and oxygen atoms in total. The second-order valence-electron chi connectivity index (χ2n) is 8.85. The molecule has 0 aliphatic carbocycles. The van der Waals surface area contributed by atoms with Crippen LogP contribution in [0.1, 0.15) is 21.5 Å². The van der Waals surface area contributed by atoms with Gasteiger partial charge in [0.1, 0.15) is 6.26 Å². The molecule has 5 aromatic rings. The highest BCUT2D eigenvalue weighted by Gasteiger charge is 2.25. The molecule has 0 amide bonds. The number of oxazole rings is 1. The van der Waals surface area contributed by atoms with Gasteiger partial charge < -0.3 is 9.52 Å². The van der Waals surface area contributed by atoms with Gasteiger partial charge in [-0.1, -0.05) is 78.9 Å². The molecule has 0 saturated heterocycles. The molecule has 196 valence electrons. The number of aromatic carboxylic acids is 1. The van der Waals surface area contributed by atoms with E-state index in [9.17, 15) is 23.1 Å². The van der Waals surface area contributed by atoms with Crippen LogP contribution in [-0.4, -0.2) is 28.4 Å². The Balaban J connectivity index is 1.49. The molecular formula is C30H24N2O6S. The molecule has 1 aromatic heterocycles. The molecule has 5 rings (SSSR count). The fourth-order valence-electron chi connectivity index (χ4n) is 4.28. The predicted molar refractivity (Wildman–Crippen MR) is 146 cm³/mol. The number of sulfonamides is 1. The highest BCUT2D eigenvalue weighted by atomic mass is 32.2. The summed E-state index contributed by atoms with van der Waals surface area (Å²) in [5.41, 5.74) is 2.94. The molecule has 0 atom stereocenters. The van der Waals surface area contributed by atoms with Gasteiger partial charge in [-0.05, 0) is 41.5 Å². The maximum atomic E-state index is 13.8. The Morgan fingerprint density at radius 2 is 1.38 bits per heavy atom. The molecule has 39 heavy (non-hydrogen) atoms. The lowest BCUT2D eigenvalue weighted by Crippen LogP contribution is -2.30. The van der Waals surface area contributed by atoms with Crippen molar-refractivity contribution in [1.29, 1.82) is 0 Å². The molecule has 0 saturated carbocycles. The van der Waals surface area contributed by atoms with Crippen molar-refractivity contribution in [2.75, 3.05) is 0 Å². The van der Waals surface area contributed by atoms with Gasteiger partial charge in [0.15, 0.2) is 0 Å². The minimum atomic E-state index is -3.89. The summed E-state index contributed by atoms with van der Waals surface area (Å²) in [6.45, 7) is 0.391. The van der Waals surface area contributed by atoms with Crippen LogP contribution in [0.25, 0.3) is 16.9 Å². The summed E-state index contributed by atoms with van der Waals surface area (Å²) >= 11 is 0. The van der Waals surface area contributed by atoms with Crippen LogP contribution in [0, 0.1) is 0 Å². The van der Waals surface area contributed by atoms with E-state index >= 15 is 0 Å². The van der Waals surface area contributed by atoms with E-state index < -0.39 is 21.7 Å². The van der Waals surface area contributed by atoms with Crippen molar-refractivity contribution in [1.82, 2.24) is 8.87 Å². The summed E-state index contributed by atoms with van der Waals surface area (Å²) in [5, 5.41) is 9.33. The van der Waals surface area contributed by atoms with Crippen LogP contribution >= 0.6 is 0 Å². The molecule has 0 fully saturated rings. The van der Waals surface area contributed by atoms with Crippen molar-refractivity contribution in [2.45, 2.75) is 18.0 Å². The Morgan fingerprint density at radius 3 is 1.95 bits per heavy atom.